The lowest BCUT2D eigenvalue weighted by Gasteiger charge is -2.28. The van der Waals surface area contributed by atoms with Crippen molar-refractivity contribution in [1.82, 2.24) is 0 Å². The highest BCUT2D eigenvalue weighted by Crippen LogP contribution is 2.36. The Bertz CT molecular complexity index is 1040. The molecule has 0 amide bonds. The van der Waals surface area contributed by atoms with Gasteiger partial charge in [-0.15, -0.1) is 26.3 Å². The fourth-order valence-electron chi connectivity index (χ4n) is 4.25. The smallest absolute Gasteiger partial charge is 0.0806 e. The Balaban J connectivity index is 0.000000362. The third-order valence-electron chi connectivity index (χ3n) is 6.44. The minimum absolute atomic E-state index is 0.367. The van der Waals surface area contributed by atoms with E-state index in [2.05, 4.69) is 100 Å². The molecule has 36 heavy (non-hydrogen) atoms. The molecular weight excluding hydrogens is 440 g/mol. The number of benzene rings is 2. The average Bonchev–Trinajstić information content (AvgIpc) is 2.85. The number of nitrogens with two attached hydrogens (primary N) is 1. The fourth-order valence-corrected chi connectivity index (χ4v) is 4.25. The number of nitrogens with zero attached hydrogens (tertiary/aromatic N) is 3. The molecule has 2 N–H and O–H groups in total. The van der Waals surface area contributed by atoms with Crippen molar-refractivity contribution in [2.24, 2.45) is 10.8 Å². The molecule has 0 spiro atoms. The predicted octanol–water partition coefficient (Wildman–Crippen LogP) is 9.58. The van der Waals surface area contributed by atoms with Gasteiger partial charge in [0.25, 0.3) is 0 Å². The van der Waals surface area contributed by atoms with E-state index in [1.807, 2.05) is 24.3 Å². The van der Waals surface area contributed by atoms with Crippen molar-refractivity contribution in [3.63, 3.8) is 0 Å². The van der Waals surface area contributed by atoms with Crippen molar-refractivity contribution in [3.05, 3.63) is 132 Å². The number of rotatable bonds is 13. The van der Waals surface area contributed by atoms with Crippen LogP contribution in [0.3, 0.4) is 0 Å². The second kappa shape index (κ2) is 14.9. The monoisotopic (exact) mass is 484 g/mol. The van der Waals surface area contributed by atoms with Crippen LogP contribution in [0.5, 0.6) is 0 Å². The minimum Gasteiger partial charge on any atom is -0.321 e. The molecular formula is C32H44N4. The summed E-state index contributed by atoms with van der Waals surface area (Å²) in [5.74, 6) is 0.961. The van der Waals surface area contributed by atoms with Gasteiger partial charge in [0.1, 0.15) is 0 Å². The van der Waals surface area contributed by atoms with Gasteiger partial charge in [-0.25, -0.2) is 0 Å². The molecule has 4 nitrogen and oxygen atoms in total. The van der Waals surface area contributed by atoms with Crippen LogP contribution in [-0.4, -0.2) is 0 Å². The average molecular weight is 485 g/mol. The minimum atomic E-state index is -0.608. The highest BCUT2D eigenvalue weighted by Gasteiger charge is 2.29. The molecule has 0 aliphatic heterocycles. The van der Waals surface area contributed by atoms with E-state index in [0.29, 0.717) is 24.7 Å². The Morgan fingerprint density at radius 3 is 1.58 bits per heavy atom. The molecule has 0 fully saturated rings. The summed E-state index contributed by atoms with van der Waals surface area (Å²) in [5.41, 5.74) is 19.1. The van der Waals surface area contributed by atoms with Gasteiger partial charge in [0.2, 0.25) is 0 Å². The zero-order chi connectivity index (χ0) is 27.2. The normalized spacial score (nSPS) is 11.2. The lowest BCUT2D eigenvalue weighted by Crippen LogP contribution is -2.35. The van der Waals surface area contributed by atoms with Gasteiger partial charge in [-0.2, -0.15) is 0 Å². The Morgan fingerprint density at radius 2 is 1.19 bits per heavy atom. The molecule has 0 radical (unpaired) electrons. The summed E-state index contributed by atoms with van der Waals surface area (Å²) < 4.78 is 0. The first-order valence-corrected chi connectivity index (χ1v) is 12.6. The van der Waals surface area contributed by atoms with E-state index < -0.39 is 5.54 Å². The standard InChI is InChI=1S/C16H21N3.C16H23N/c1-5-10-16(11-6-2,18-19-17)15-9-7-8-14(12-15)13(3)4;1-5-10-16(17,11-6-2)15-9-7-8-14(12-15)13(3)4/h5-9,12-13H,1-2,10-11H2,3-4H3;5-9,12-13H,1-2,10-11,17H2,3-4H3. The molecule has 0 atom stereocenters. The molecule has 0 aromatic heterocycles. The molecule has 0 aliphatic carbocycles. The van der Waals surface area contributed by atoms with Gasteiger partial charge in [-0.1, -0.05) is 106 Å². The van der Waals surface area contributed by atoms with Crippen LogP contribution >= 0.6 is 0 Å². The van der Waals surface area contributed by atoms with E-state index in [0.717, 1.165) is 18.4 Å². The Kier molecular flexibility index (Phi) is 12.7. The predicted molar refractivity (Wildman–Crippen MR) is 157 cm³/mol. The molecule has 0 saturated heterocycles. The van der Waals surface area contributed by atoms with Gasteiger partial charge < -0.3 is 5.73 Å². The van der Waals surface area contributed by atoms with Gasteiger partial charge in [0.15, 0.2) is 0 Å². The molecule has 0 unspecified atom stereocenters. The second-order valence-electron chi connectivity index (χ2n) is 9.91. The van der Waals surface area contributed by atoms with Crippen LogP contribution in [0.25, 0.3) is 10.4 Å². The molecule has 192 valence electrons. The highest BCUT2D eigenvalue weighted by molar-refractivity contribution is 5.33. The molecule has 2 rings (SSSR count). The van der Waals surface area contributed by atoms with Crippen molar-refractivity contribution in [2.45, 2.75) is 76.3 Å². The van der Waals surface area contributed by atoms with Crippen molar-refractivity contribution < 1.29 is 0 Å². The van der Waals surface area contributed by atoms with Crippen LogP contribution in [0.2, 0.25) is 0 Å². The largest absolute Gasteiger partial charge is 0.321 e. The number of hydrogen-bond acceptors (Lipinski definition) is 2. The van der Waals surface area contributed by atoms with Crippen molar-refractivity contribution in [1.29, 1.82) is 0 Å². The van der Waals surface area contributed by atoms with E-state index in [1.54, 1.807) is 12.2 Å². The quantitative estimate of drug-likeness (QED) is 0.131. The summed E-state index contributed by atoms with van der Waals surface area (Å²) >= 11 is 0. The summed E-state index contributed by atoms with van der Waals surface area (Å²) in [6.07, 6.45) is 10.1. The van der Waals surface area contributed by atoms with Crippen LogP contribution in [-0.2, 0) is 11.1 Å². The second-order valence-corrected chi connectivity index (χ2v) is 9.91. The highest BCUT2D eigenvalue weighted by atomic mass is 15.2. The third-order valence-corrected chi connectivity index (χ3v) is 6.44. The van der Waals surface area contributed by atoms with Gasteiger partial charge in [0, 0.05) is 10.5 Å². The summed E-state index contributed by atoms with van der Waals surface area (Å²) in [4.78, 5) is 3.03. The number of hydrogen-bond donors (Lipinski definition) is 1. The van der Waals surface area contributed by atoms with Gasteiger partial charge in [0.05, 0.1) is 5.54 Å². The van der Waals surface area contributed by atoms with Gasteiger partial charge in [-0.05, 0) is 65.3 Å². The van der Waals surface area contributed by atoms with Crippen LogP contribution in [0.1, 0.15) is 87.5 Å². The van der Waals surface area contributed by atoms with E-state index in [4.69, 9.17) is 11.3 Å². The SMILES string of the molecule is C=CCC(CC=C)(N=[N+]=[N-])c1cccc(C(C)C)c1.C=CCC(N)(CC=C)c1cccc(C(C)C)c1. The molecule has 0 heterocycles. The molecule has 0 saturated carbocycles. The van der Waals surface area contributed by atoms with Crippen LogP contribution in [0.4, 0.5) is 0 Å². The lowest BCUT2D eigenvalue weighted by atomic mass is 9.83. The first-order valence-electron chi connectivity index (χ1n) is 12.6. The lowest BCUT2D eigenvalue weighted by molar-refractivity contribution is 0.453. The fraction of sp³-hybridized carbons (Fsp3) is 0.375. The summed E-state index contributed by atoms with van der Waals surface area (Å²) in [7, 11) is 0. The summed E-state index contributed by atoms with van der Waals surface area (Å²) in [5, 5.41) is 4.04. The molecule has 0 aliphatic rings. The third kappa shape index (κ3) is 8.41. The van der Waals surface area contributed by atoms with Crippen molar-refractivity contribution >= 4 is 0 Å². The molecule has 4 heteroatoms. The van der Waals surface area contributed by atoms with Crippen LogP contribution in [0.15, 0.2) is 104 Å². The molecule has 0 bridgehead atoms. The summed E-state index contributed by atoms with van der Waals surface area (Å²) in [6, 6.07) is 16.8. The van der Waals surface area contributed by atoms with E-state index in [9.17, 15) is 0 Å². The van der Waals surface area contributed by atoms with Crippen molar-refractivity contribution in [3.8, 4) is 0 Å². The summed E-state index contributed by atoms with van der Waals surface area (Å²) in [6.45, 7) is 23.8. The zero-order valence-electron chi connectivity index (χ0n) is 22.7. The van der Waals surface area contributed by atoms with E-state index in [1.165, 1.54) is 16.7 Å². The van der Waals surface area contributed by atoms with E-state index in [-0.39, 0.29) is 5.54 Å². The molecule has 2 aromatic carbocycles. The van der Waals surface area contributed by atoms with Crippen LogP contribution < -0.4 is 5.73 Å². The Hall–Kier alpha value is -3.33. The van der Waals surface area contributed by atoms with Gasteiger partial charge in [-0.3, -0.25) is 0 Å². The topological polar surface area (TPSA) is 74.8 Å². The van der Waals surface area contributed by atoms with E-state index >= 15 is 0 Å². The zero-order valence-corrected chi connectivity index (χ0v) is 22.7. The first-order chi connectivity index (χ1) is 17.1. The Morgan fingerprint density at radius 1 is 0.778 bits per heavy atom. The first kappa shape index (κ1) is 30.7. The van der Waals surface area contributed by atoms with Crippen molar-refractivity contribution in [2.75, 3.05) is 0 Å². The maximum atomic E-state index is 8.88. The number of azide groups is 1. The molecule has 2 aromatic rings. The Labute approximate surface area is 219 Å². The maximum absolute atomic E-state index is 8.88. The van der Waals surface area contributed by atoms with Gasteiger partial charge >= 0.3 is 0 Å². The maximum Gasteiger partial charge on any atom is 0.0806 e. The van der Waals surface area contributed by atoms with Crippen LogP contribution in [0, 0.1) is 0 Å².